The van der Waals surface area contributed by atoms with Crippen LogP contribution in [0.15, 0.2) is 18.2 Å². The average molecular weight is 298 g/mol. The summed E-state index contributed by atoms with van der Waals surface area (Å²) in [5.74, 6) is -0.697. The lowest BCUT2D eigenvalue weighted by Crippen LogP contribution is -2.40. The van der Waals surface area contributed by atoms with E-state index in [2.05, 4.69) is 34.6 Å². The number of carboxylic acid groups (broad SMARTS) is 1. The average Bonchev–Trinajstić information content (AvgIpc) is 2.82. The lowest BCUT2D eigenvalue weighted by molar-refractivity contribution is -0.137. The van der Waals surface area contributed by atoms with Gasteiger partial charge in [0.1, 0.15) is 0 Å². The molecule has 0 saturated carbocycles. The fourth-order valence-electron chi connectivity index (χ4n) is 4.30. The standard InChI is InChI=1S/C18H22N2O2/c1-12-5-6-15-14(11-12)13-3-2-4-16-18(13)20(15)10-9-19(16)8-7-17(21)22/h5-6,11,16H,2-4,7-10H2,1H3,(H,21,22)/t16-/m1/s1. The molecule has 116 valence electrons. The molecule has 0 fully saturated rings. The Bertz CT molecular complexity index is 747. The smallest absolute Gasteiger partial charge is 0.304 e. The van der Waals surface area contributed by atoms with Crippen LogP contribution in [0.4, 0.5) is 0 Å². The van der Waals surface area contributed by atoms with Gasteiger partial charge in [-0.2, -0.15) is 0 Å². The minimum absolute atomic E-state index is 0.241. The van der Waals surface area contributed by atoms with Gasteiger partial charge in [-0.1, -0.05) is 11.6 Å². The maximum Gasteiger partial charge on any atom is 0.304 e. The van der Waals surface area contributed by atoms with Crippen molar-refractivity contribution in [3.05, 3.63) is 35.0 Å². The molecule has 2 aromatic rings. The third kappa shape index (κ3) is 2.05. The van der Waals surface area contributed by atoms with E-state index in [9.17, 15) is 4.79 Å². The van der Waals surface area contributed by atoms with Crippen molar-refractivity contribution in [2.75, 3.05) is 13.1 Å². The monoisotopic (exact) mass is 298 g/mol. The summed E-state index contributed by atoms with van der Waals surface area (Å²) in [4.78, 5) is 13.3. The Hall–Kier alpha value is -1.81. The summed E-state index contributed by atoms with van der Waals surface area (Å²) in [5.41, 5.74) is 5.65. The first-order chi connectivity index (χ1) is 10.6. The molecule has 1 aromatic heterocycles. The Morgan fingerprint density at radius 2 is 2.23 bits per heavy atom. The lowest BCUT2D eigenvalue weighted by atomic mass is 9.89. The van der Waals surface area contributed by atoms with Crippen molar-refractivity contribution in [1.29, 1.82) is 0 Å². The van der Waals surface area contributed by atoms with Crippen LogP contribution in [0.5, 0.6) is 0 Å². The molecule has 1 aromatic carbocycles. The van der Waals surface area contributed by atoms with Gasteiger partial charge in [0.15, 0.2) is 0 Å². The number of carbonyl (C=O) groups is 1. The molecule has 4 rings (SSSR count). The number of aryl methyl sites for hydroxylation is 2. The van der Waals surface area contributed by atoms with E-state index in [0.717, 1.165) is 25.9 Å². The van der Waals surface area contributed by atoms with Gasteiger partial charge in [-0.25, -0.2) is 0 Å². The third-order valence-electron chi connectivity index (χ3n) is 5.25. The van der Waals surface area contributed by atoms with Gasteiger partial charge in [-0.05, 0) is 43.9 Å². The van der Waals surface area contributed by atoms with Crippen LogP contribution in [0.1, 0.15) is 42.1 Å². The summed E-state index contributed by atoms with van der Waals surface area (Å²) in [6.45, 7) is 4.76. The SMILES string of the molecule is Cc1ccc2c(c1)c1c3n2CCN(CCC(=O)O)[C@@H]3CCC1. The molecule has 1 aliphatic heterocycles. The highest BCUT2D eigenvalue weighted by molar-refractivity contribution is 5.87. The van der Waals surface area contributed by atoms with E-state index in [1.807, 2.05) is 0 Å². The maximum atomic E-state index is 10.9. The number of rotatable bonds is 3. The van der Waals surface area contributed by atoms with Crippen LogP contribution in [0.3, 0.4) is 0 Å². The van der Waals surface area contributed by atoms with Crippen molar-refractivity contribution in [2.24, 2.45) is 0 Å². The van der Waals surface area contributed by atoms with Crippen molar-refractivity contribution in [2.45, 2.75) is 45.2 Å². The van der Waals surface area contributed by atoms with Gasteiger partial charge < -0.3 is 9.67 Å². The molecule has 1 aliphatic carbocycles. The highest BCUT2D eigenvalue weighted by atomic mass is 16.4. The Kier molecular flexibility index (Phi) is 3.22. The minimum atomic E-state index is -0.697. The molecule has 0 radical (unpaired) electrons. The van der Waals surface area contributed by atoms with Crippen LogP contribution in [0, 0.1) is 6.92 Å². The van der Waals surface area contributed by atoms with E-state index in [0.29, 0.717) is 12.6 Å². The van der Waals surface area contributed by atoms with Crippen molar-refractivity contribution >= 4 is 16.9 Å². The zero-order chi connectivity index (χ0) is 15.3. The first kappa shape index (κ1) is 13.8. The van der Waals surface area contributed by atoms with Gasteiger partial charge in [0, 0.05) is 36.2 Å². The molecule has 4 nitrogen and oxygen atoms in total. The van der Waals surface area contributed by atoms with Gasteiger partial charge in [0.25, 0.3) is 0 Å². The van der Waals surface area contributed by atoms with Crippen LogP contribution in [-0.2, 0) is 17.8 Å². The zero-order valence-corrected chi connectivity index (χ0v) is 13.0. The van der Waals surface area contributed by atoms with Gasteiger partial charge >= 0.3 is 5.97 Å². The van der Waals surface area contributed by atoms with Crippen molar-refractivity contribution in [3.63, 3.8) is 0 Å². The predicted molar refractivity (Wildman–Crippen MR) is 86.2 cm³/mol. The fourth-order valence-corrected chi connectivity index (χ4v) is 4.30. The Labute approximate surface area is 130 Å². The number of nitrogens with zero attached hydrogens (tertiary/aromatic N) is 2. The largest absolute Gasteiger partial charge is 0.481 e. The second kappa shape index (κ2) is 5.13. The molecule has 0 spiro atoms. The van der Waals surface area contributed by atoms with E-state index in [1.165, 1.54) is 34.1 Å². The number of hydrogen-bond acceptors (Lipinski definition) is 2. The zero-order valence-electron chi connectivity index (χ0n) is 13.0. The van der Waals surface area contributed by atoms with Crippen molar-refractivity contribution < 1.29 is 9.90 Å². The molecule has 2 aliphatic rings. The molecular weight excluding hydrogens is 276 g/mol. The van der Waals surface area contributed by atoms with E-state index >= 15 is 0 Å². The van der Waals surface area contributed by atoms with Crippen molar-refractivity contribution in [1.82, 2.24) is 9.47 Å². The quantitative estimate of drug-likeness (QED) is 0.947. The first-order valence-electron chi connectivity index (χ1n) is 8.22. The van der Waals surface area contributed by atoms with Gasteiger partial charge in [-0.3, -0.25) is 9.69 Å². The summed E-state index contributed by atoms with van der Waals surface area (Å²) in [7, 11) is 0. The summed E-state index contributed by atoms with van der Waals surface area (Å²) in [5, 5.41) is 10.4. The molecule has 0 bridgehead atoms. The van der Waals surface area contributed by atoms with Gasteiger partial charge in [0.05, 0.1) is 12.5 Å². The summed E-state index contributed by atoms with van der Waals surface area (Å²) in [6.07, 6.45) is 3.76. The molecular formula is C18H22N2O2. The molecule has 0 saturated heterocycles. The normalized spacial score (nSPS) is 21.0. The summed E-state index contributed by atoms with van der Waals surface area (Å²) in [6, 6.07) is 7.18. The molecule has 22 heavy (non-hydrogen) atoms. The topological polar surface area (TPSA) is 45.5 Å². The van der Waals surface area contributed by atoms with E-state index in [-0.39, 0.29) is 6.42 Å². The second-order valence-corrected chi connectivity index (χ2v) is 6.62. The highest BCUT2D eigenvalue weighted by Crippen LogP contribution is 2.42. The summed E-state index contributed by atoms with van der Waals surface area (Å²) < 4.78 is 2.49. The van der Waals surface area contributed by atoms with E-state index in [4.69, 9.17) is 5.11 Å². The maximum absolute atomic E-state index is 10.9. The first-order valence-corrected chi connectivity index (χ1v) is 8.22. The number of fused-ring (bicyclic) bond motifs is 3. The van der Waals surface area contributed by atoms with Crippen LogP contribution in [0.25, 0.3) is 10.9 Å². The van der Waals surface area contributed by atoms with Crippen LogP contribution >= 0.6 is 0 Å². The number of benzene rings is 1. The highest BCUT2D eigenvalue weighted by Gasteiger charge is 2.34. The van der Waals surface area contributed by atoms with Crippen LogP contribution in [0.2, 0.25) is 0 Å². The number of aromatic nitrogens is 1. The van der Waals surface area contributed by atoms with Crippen molar-refractivity contribution in [3.8, 4) is 0 Å². The van der Waals surface area contributed by atoms with Gasteiger partial charge in [-0.15, -0.1) is 0 Å². The fraction of sp³-hybridized carbons (Fsp3) is 0.500. The van der Waals surface area contributed by atoms with Gasteiger partial charge in [0.2, 0.25) is 0 Å². The Morgan fingerprint density at radius 1 is 1.36 bits per heavy atom. The molecule has 4 heteroatoms. The minimum Gasteiger partial charge on any atom is -0.481 e. The van der Waals surface area contributed by atoms with E-state index < -0.39 is 5.97 Å². The number of carboxylic acids is 1. The number of hydrogen-bond donors (Lipinski definition) is 1. The Morgan fingerprint density at radius 3 is 3.05 bits per heavy atom. The predicted octanol–water partition coefficient (Wildman–Crippen LogP) is 3.12. The molecule has 1 atom stereocenters. The number of aliphatic carboxylic acids is 1. The van der Waals surface area contributed by atoms with Crippen LogP contribution < -0.4 is 0 Å². The summed E-state index contributed by atoms with van der Waals surface area (Å²) >= 11 is 0. The molecule has 1 N–H and O–H groups in total. The molecule has 0 unspecified atom stereocenters. The Balaban J connectivity index is 1.80. The third-order valence-corrected chi connectivity index (χ3v) is 5.25. The second-order valence-electron chi connectivity index (χ2n) is 6.62. The lowest BCUT2D eigenvalue weighted by Gasteiger charge is -2.39. The van der Waals surface area contributed by atoms with E-state index in [1.54, 1.807) is 0 Å². The molecule has 2 heterocycles. The van der Waals surface area contributed by atoms with Crippen LogP contribution in [-0.4, -0.2) is 33.6 Å². The molecule has 0 amide bonds.